The quantitative estimate of drug-likeness (QED) is 0.310. The molecule has 3 nitrogen and oxygen atoms in total. The molecule has 3 aromatic carbocycles. The zero-order valence-corrected chi connectivity index (χ0v) is 16.0. The largest absolute Gasteiger partial charge is 0.488 e. The van der Waals surface area contributed by atoms with Crippen molar-refractivity contribution in [2.24, 2.45) is 0 Å². The number of rotatable bonds is 8. The summed E-state index contributed by atoms with van der Waals surface area (Å²) in [5, 5.41) is 0. The van der Waals surface area contributed by atoms with E-state index in [4.69, 9.17) is 9.47 Å². The van der Waals surface area contributed by atoms with Crippen LogP contribution in [0, 0.1) is 0 Å². The minimum atomic E-state index is -6.06. The van der Waals surface area contributed by atoms with Crippen LogP contribution in [0.25, 0.3) is 0 Å². The summed E-state index contributed by atoms with van der Waals surface area (Å²) in [7, 11) is 0. The van der Waals surface area contributed by atoms with Gasteiger partial charge >= 0.3 is 12.1 Å². The van der Waals surface area contributed by atoms with Crippen molar-refractivity contribution >= 4 is 5.78 Å². The van der Waals surface area contributed by atoms with E-state index in [1.165, 1.54) is 6.07 Å². The van der Waals surface area contributed by atoms with Gasteiger partial charge in [0.2, 0.25) is 5.78 Å². The molecule has 3 aromatic rings. The van der Waals surface area contributed by atoms with Crippen LogP contribution in [-0.2, 0) is 13.2 Å². The minimum absolute atomic E-state index is 0.138. The molecule has 0 atom stereocenters. The first kappa shape index (κ1) is 22.3. The fraction of sp³-hybridized carbons (Fsp3) is 0.174. The maximum Gasteiger partial charge on any atom is 0.461 e. The number of benzene rings is 3. The Morgan fingerprint density at radius 1 is 0.645 bits per heavy atom. The van der Waals surface area contributed by atoms with Crippen LogP contribution in [0.5, 0.6) is 11.5 Å². The molecule has 0 amide bonds. The summed E-state index contributed by atoms with van der Waals surface area (Å²) in [6, 6.07) is 20.7. The number of ether oxygens (including phenoxy) is 2. The van der Waals surface area contributed by atoms with Gasteiger partial charge in [-0.1, -0.05) is 66.7 Å². The highest BCUT2D eigenvalue weighted by atomic mass is 19.4. The van der Waals surface area contributed by atoms with Gasteiger partial charge in [0.1, 0.15) is 30.3 Å². The monoisotopic (exact) mass is 436 g/mol. The van der Waals surface area contributed by atoms with Crippen LogP contribution < -0.4 is 9.47 Å². The zero-order chi connectivity index (χ0) is 22.5. The average molecular weight is 436 g/mol. The summed E-state index contributed by atoms with van der Waals surface area (Å²) in [6.45, 7) is -0.276. The highest BCUT2D eigenvalue weighted by molar-refractivity contribution is 6.06. The van der Waals surface area contributed by atoms with E-state index in [1.807, 2.05) is 0 Å². The van der Waals surface area contributed by atoms with Crippen molar-refractivity contribution in [2.45, 2.75) is 25.3 Å². The van der Waals surface area contributed by atoms with Gasteiger partial charge in [0.05, 0.1) is 0 Å². The van der Waals surface area contributed by atoms with Gasteiger partial charge < -0.3 is 9.47 Å². The molecule has 0 spiro atoms. The van der Waals surface area contributed by atoms with Gasteiger partial charge in [-0.2, -0.15) is 22.0 Å². The van der Waals surface area contributed by atoms with E-state index in [0.717, 1.165) is 12.1 Å². The number of Topliss-reactive ketones (excluding diaryl/α,β-unsaturated/α-hetero) is 1. The molecule has 162 valence electrons. The van der Waals surface area contributed by atoms with Crippen LogP contribution in [0.3, 0.4) is 0 Å². The standard InChI is InChI=1S/C23H17F5O3/c24-22(25,23(26,27)28)21(29)20-18(30-14-16-8-3-1-4-9-16)12-7-13-19(20)31-15-17-10-5-2-6-11-17/h1-13H,14-15H2. The summed E-state index contributed by atoms with van der Waals surface area (Å²) < 4.78 is 77.4. The Morgan fingerprint density at radius 3 is 1.45 bits per heavy atom. The Balaban J connectivity index is 1.96. The Morgan fingerprint density at radius 2 is 1.06 bits per heavy atom. The fourth-order valence-corrected chi connectivity index (χ4v) is 2.73. The van der Waals surface area contributed by atoms with Crippen molar-refractivity contribution in [1.29, 1.82) is 0 Å². The lowest BCUT2D eigenvalue weighted by atomic mass is 10.0. The molecule has 0 saturated carbocycles. The lowest BCUT2D eigenvalue weighted by Crippen LogP contribution is -2.44. The van der Waals surface area contributed by atoms with Gasteiger partial charge in [0.15, 0.2) is 0 Å². The summed E-state index contributed by atoms with van der Waals surface area (Å²) in [5.41, 5.74) is 0.315. The van der Waals surface area contributed by atoms with E-state index < -0.39 is 34.9 Å². The van der Waals surface area contributed by atoms with Crippen LogP contribution in [0.4, 0.5) is 22.0 Å². The first-order valence-electron chi connectivity index (χ1n) is 9.16. The highest BCUT2D eigenvalue weighted by Gasteiger charge is 2.64. The first-order valence-corrected chi connectivity index (χ1v) is 9.16. The Bertz CT molecular complexity index is 957. The van der Waals surface area contributed by atoms with E-state index in [0.29, 0.717) is 11.1 Å². The third-order valence-corrected chi connectivity index (χ3v) is 4.33. The fourth-order valence-electron chi connectivity index (χ4n) is 2.73. The smallest absolute Gasteiger partial charge is 0.461 e. The summed E-state index contributed by atoms with van der Waals surface area (Å²) in [4.78, 5) is 12.3. The van der Waals surface area contributed by atoms with Crippen molar-refractivity contribution in [3.8, 4) is 11.5 Å². The molecular formula is C23H17F5O3. The summed E-state index contributed by atoms with van der Waals surface area (Å²) in [5.74, 6) is -8.90. The number of carbonyl (C=O) groups excluding carboxylic acids is 1. The van der Waals surface area contributed by atoms with Crippen LogP contribution in [-0.4, -0.2) is 17.9 Å². The second kappa shape index (κ2) is 9.16. The van der Waals surface area contributed by atoms with E-state index in [2.05, 4.69) is 0 Å². The maximum atomic E-state index is 13.9. The molecular weight excluding hydrogens is 419 g/mol. The highest BCUT2D eigenvalue weighted by Crippen LogP contribution is 2.42. The molecule has 0 radical (unpaired) electrons. The molecule has 0 saturated heterocycles. The molecule has 3 rings (SSSR count). The summed E-state index contributed by atoms with van der Waals surface area (Å²) >= 11 is 0. The molecule has 0 aromatic heterocycles. The zero-order valence-electron chi connectivity index (χ0n) is 16.0. The van der Waals surface area contributed by atoms with E-state index in [9.17, 15) is 26.7 Å². The normalized spacial score (nSPS) is 11.8. The molecule has 0 heterocycles. The molecule has 0 bridgehead atoms. The van der Waals surface area contributed by atoms with Gasteiger partial charge in [0, 0.05) is 0 Å². The molecule has 0 unspecified atom stereocenters. The number of alkyl halides is 5. The third-order valence-electron chi connectivity index (χ3n) is 4.33. The van der Waals surface area contributed by atoms with Crippen molar-refractivity contribution in [3.05, 3.63) is 95.6 Å². The van der Waals surface area contributed by atoms with E-state index in [1.54, 1.807) is 60.7 Å². The number of hydrogen-bond acceptors (Lipinski definition) is 3. The van der Waals surface area contributed by atoms with Gasteiger partial charge in [-0.05, 0) is 23.3 Å². The Hall–Kier alpha value is -3.42. The van der Waals surface area contributed by atoms with E-state index >= 15 is 0 Å². The van der Waals surface area contributed by atoms with Gasteiger partial charge in [-0.3, -0.25) is 4.79 Å². The molecule has 8 heteroatoms. The third kappa shape index (κ3) is 5.20. The second-order valence-corrected chi connectivity index (χ2v) is 6.58. The molecule has 0 aliphatic carbocycles. The van der Waals surface area contributed by atoms with Gasteiger partial charge in [0.25, 0.3) is 0 Å². The van der Waals surface area contributed by atoms with Crippen LogP contribution in [0.15, 0.2) is 78.9 Å². The molecule has 0 aliphatic heterocycles. The first-order chi connectivity index (χ1) is 14.7. The SMILES string of the molecule is O=C(c1c(OCc2ccccc2)cccc1OCc1ccccc1)C(F)(F)C(F)(F)F. The van der Waals surface area contributed by atoms with Crippen LogP contribution >= 0.6 is 0 Å². The minimum Gasteiger partial charge on any atom is -0.488 e. The average Bonchev–Trinajstić information content (AvgIpc) is 2.76. The predicted molar refractivity (Wildman–Crippen MR) is 103 cm³/mol. The maximum absolute atomic E-state index is 13.9. The lowest BCUT2D eigenvalue weighted by Gasteiger charge is -2.21. The molecule has 0 fully saturated rings. The second-order valence-electron chi connectivity index (χ2n) is 6.58. The molecule has 31 heavy (non-hydrogen) atoms. The predicted octanol–water partition coefficient (Wildman–Crippen LogP) is 6.22. The number of halogens is 5. The van der Waals surface area contributed by atoms with Crippen molar-refractivity contribution in [3.63, 3.8) is 0 Å². The Kier molecular flexibility index (Phi) is 6.58. The van der Waals surface area contributed by atoms with Crippen molar-refractivity contribution in [2.75, 3.05) is 0 Å². The molecule has 0 aliphatic rings. The summed E-state index contributed by atoms with van der Waals surface area (Å²) in [6.07, 6.45) is -6.06. The van der Waals surface area contributed by atoms with Gasteiger partial charge in [-0.15, -0.1) is 0 Å². The van der Waals surface area contributed by atoms with Crippen molar-refractivity contribution in [1.82, 2.24) is 0 Å². The molecule has 0 N–H and O–H groups in total. The number of carbonyl (C=O) groups is 1. The van der Waals surface area contributed by atoms with Gasteiger partial charge in [-0.25, -0.2) is 0 Å². The topological polar surface area (TPSA) is 35.5 Å². The number of ketones is 1. The van der Waals surface area contributed by atoms with Crippen LogP contribution in [0.2, 0.25) is 0 Å². The van der Waals surface area contributed by atoms with Crippen LogP contribution in [0.1, 0.15) is 21.5 Å². The number of hydrogen-bond donors (Lipinski definition) is 0. The lowest BCUT2D eigenvalue weighted by molar-refractivity contribution is -0.255. The van der Waals surface area contributed by atoms with E-state index in [-0.39, 0.29) is 13.2 Å². The Labute approximate surface area is 175 Å². The van der Waals surface area contributed by atoms with Crippen molar-refractivity contribution < 1.29 is 36.2 Å².